The number of rotatable bonds is 4. The molecule has 0 saturated heterocycles. The van der Waals surface area contributed by atoms with Gasteiger partial charge in [0.05, 0.1) is 24.2 Å². The van der Waals surface area contributed by atoms with Gasteiger partial charge in [-0.2, -0.15) is 5.10 Å². The number of para-hydroxylation sites is 1. The zero-order valence-electron chi connectivity index (χ0n) is 11.5. The Labute approximate surface area is 117 Å². The molecule has 0 amide bonds. The molecule has 5 nitrogen and oxygen atoms in total. The van der Waals surface area contributed by atoms with Crippen LogP contribution in [0.25, 0.3) is 0 Å². The van der Waals surface area contributed by atoms with E-state index in [-0.39, 0.29) is 12.4 Å². The third-order valence-corrected chi connectivity index (χ3v) is 3.02. The van der Waals surface area contributed by atoms with Crippen LogP contribution >= 0.6 is 0 Å². The summed E-state index contributed by atoms with van der Waals surface area (Å²) < 4.78 is 0. The van der Waals surface area contributed by atoms with Gasteiger partial charge in [0.1, 0.15) is 5.75 Å². The average Bonchev–Trinajstić information content (AvgIpc) is 2.49. The minimum absolute atomic E-state index is 0.0433. The lowest BCUT2D eigenvalue weighted by atomic mass is 10.1. The first-order chi connectivity index (χ1) is 9.63. The molecule has 0 atom stereocenters. The first kappa shape index (κ1) is 14.0. The first-order valence-corrected chi connectivity index (χ1v) is 6.24. The largest absolute Gasteiger partial charge is 0.505 e. The molecule has 20 heavy (non-hydrogen) atoms. The van der Waals surface area contributed by atoms with Crippen LogP contribution in [0.5, 0.6) is 5.75 Å². The molecule has 0 aliphatic carbocycles. The number of benzene rings is 1. The molecular weight excluding hydrogens is 254 g/mol. The molecule has 0 aliphatic rings. The van der Waals surface area contributed by atoms with Gasteiger partial charge >= 0.3 is 0 Å². The van der Waals surface area contributed by atoms with Gasteiger partial charge in [0.25, 0.3) is 0 Å². The van der Waals surface area contributed by atoms with Crippen LogP contribution in [0.15, 0.2) is 41.6 Å². The van der Waals surface area contributed by atoms with E-state index < -0.39 is 0 Å². The van der Waals surface area contributed by atoms with Crippen LogP contribution in [0.4, 0.5) is 5.69 Å². The number of aromatic nitrogens is 1. The average molecular weight is 271 g/mol. The smallest absolute Gasteiger partial charge is 0.145 e. The second kappa shape index (κ2) is 6.16. The predicted molar refractivity (Wildman–Crippen MR) is 79.0 cm³/mol. The Morgan fingerprint density at radius 1 is 1.30 bits per heavy atom. The number of aromatic hydroxyl groups is 1. The highest BCUT2D eigenvalue weighted by molar-refractivity contribution is 5.86. The topological polar surface area (TPSA) is 69.0 Å². The van der Waals surface area contributed by atoms with Crippen LogP contribution in [-0.4, -0.2) is 28.5 Å². The van der Waals surface area contributed by atoms with Crippen molar-refractivity contribution in [3.8, 4) is 5.75 Å². The van der Waals surface area contributed by atoms with Gasteiger partial charge < -0.3 is 10.2 Å². The Balaban J connectivity index is 2.30. The normalized spacial score (nSPS) is 10.9. The minimum atomic E-state index is -0.197. The second-order valence-corrected chi connectivity index (χ2v) is 4.39. The van der Waals surface area contributed by atoms with E-state index in [1.807, 2.05) is 37.4 Å². The molecule has 104 valence electrons. The summed E-state index contributed by atoms with van der Waals surface area (Å²) in [7, 11) is 1.82. The van der Waals surface area contributed by atoms with Crippen molar-refractivity contribution < 1.29 is 10.2 Å². The van der Waals surface area contributed by atoms with E-state index in [0.29, 0.717) is 16.8 Å². The van der Waals surface area contributed by atoms with E-state index in [1.54, 1.807) is 18.1 Å². The molecule has 1 aromatic heterocycles. The van der Waals surface area contributed by atoms with E-state index in [0.717, 1.165) is 5.69 Å². The molecular formula is C15H17N3O2. The minimum Gasteiger partial charge on any atom is -0.505 e. The standard InChI is InChI=1S/C15H17N3O2/c1-11-15(20)14(12(10-19)8-16-11)9-17-18(2)13-6-4-3-5-7-13/h3-9,19-20H,10H2,1-2H3. The molecule has 0 radical (unpaired) electrons. The molecule has 0 spiro atoms. The maximum Gasteiger partial charge on any atom is 0.145 e. The van der Waals surface area contributed by atoms with E-state index in [9.17, 15) is 10.2 Å². The molecule has 2 aromatic rings. The van der Waals surface area contributed by atoms with E-state index >= 15 is 0 Å². The number of hydrazone groups is 1. The van der Waals surface area contributed by atoms with Crippen molar-refractivity contribution in [2.45, 2.75) is 13.5 Å². The van der Waals surface area contributed by atoms with Crippen LogP contribution < -0.4 is 5.01 Å². The van der Waals surface area contributed by atoms with Crippen molar-refractivity contribution in [1.29, 1.82) is 0 Å². The number of anilines is 1. The molecule has 0 fully saturated rings. The maximum atomic E-state index is 10.0. The molecule has 1 aromatic carbocycles. The lowest BCUT2D eigenvalue weighted by Crippen LogP contribution is -2.09. The van der Waals surface area contributed by atoms with E-state index in [2.05, 4.69) is 10.1 Å². The van der Waals surface area contributed by atoms with Crippen molar-refractivity contribution in [1.82, 2.24) is 4.98 Å². The van der Waals surface area contributed by atoms with Gasteiger partial charge in [-0.15, -0.1) is 0 Å². The maximum absolute atomic E-state index is 10.0. The van der Waals surface area contributed by atoms with Crippen molar-refractivity contribution in [2.24, 2.45) is 5.10 Å². The zero-order chi connectivity index (χ0) is 14.5. The summed E-state index contributed by atoms with van der Waals surface area (Å²) >= 11 is 0. The number of hydrogen-bond acceptors (Lipinski definition) is 5. The summed E-state index contributed by atoms with van der Waals surface area (Å²) in [6, 6.07) is 9.65. The fraction of sp³-hybridized carbons (Fsp3) is 0.200. The van der Waals surface area contributed by atoms with Crippen molar-refractivity contribution in [3.05, 3.63) is 53.3 Å². The van der Waals surface area contributed by atoms with E-state index in [4.69, 9.17) is 0 Å². The summed E-state index contributed by atoms with van der Waals surface area (Å²) in [4.78, 5) is 4.01. The molecule has 2 rings (SSSR count). The molecule has 0 aliphatic heterocycles. The first-order valence-electron chi connectivity index (χ1n) is 6.24. The second-order valence-electron chi connectivity index (χ2n) is 4.39. The number of aliphatic hydroxyl groups excluding tert-OH is 1. The van der Waals surface area contributed by atoms with Crippen LogP contribution in [0.1, 0.15) is 16.8 Å². The molecule has 0 bridgehead atoms. The predicted octanol–water partition coefficient (Wildman–Crippen LogP) is 2.06. The highest BCUT2D eigenvalue weighted by Crippen LogP contribution is 2.22. The number of aryl methyl sites for hydroxylation is 1. The van der Waals surface area contributed by atoms with Gasteiger partial charge in [-0.05, 0) is 19.1 Å². The van der Waals surface area contributed by atoms with Gasteiger partial charge in [0.2, 0.25) is 0 Å². The summed E-state index contributed by atoms with van der Waals surface area (Å²) in [5, 5.41) is 25.3. The van der Waals surface area contributed by atoms with Crippen LogP contribution in [0.2, 0.25) is 0 Å². The third-order valence-electron chi connectivity index (χ3n) is 3.02. The van der Waals surface area contributed by atoms with E-state index in [1.165, 1.54) is 6.21 Å². The van der Waals surface area contributed by atoms with Crippen LogP contribution in [0, 0.1) is 6.92 Å². The number of aliphatic hydroxyl groups is 1. The number of pyridine rings is 1. The Kier molecular flexibility index (Phi) is 4.32. The number of hydrogen-bond donors (Lipinski definition) is 2. The molecule has 5 heteroatoms. The summed E-state index contributed by atoms with van der Waals surface area (Å²) in [5.41, 5.74) is 2.46. The Bertz CT molecular complexity index is 612. The molecule has 0 unspecified atom stereocenters. The highest BCUT2D eigenvalue weighted by atomic mass is 16.3. The van der Waals surface area contributed by atoms with Crippen LogP contribution in [0.3, 0.4) is 0 Å². The summed E-state index contributed by atoms with van der Waals surface area (Å²) in [6.07, 6.45) is 3.07. The molecule has 1 heterocycles. The lowest BCUT2D eigenvalue weighted by Gasteiger charge is -2.13. The van der Waals surface area contributed by atoms with Gasteiger partial charge in [-0.1, -0.05) is 18.2 Å². The third kappa shape index (κ3) is 2.95. The Morgan fingerprint density at radius 2 is 2.00 bits per heavy atom. The lowest BCUT2D eigenvalue weighted by molar-refractivity contribution is 0.280. The Morgan fingerprint density at radius 3 is 2.65 bits per heavy atom. The van der Waals surface area contributed by atoms with Gasteiger partial charge in [0, 0.05) is 24.4 Å². The Hall–Kier alpha value is -2.40. The quantitative estimate of drug-likeness (QED) is 0.659. The monoisotopic (exact) mass is 271 g/mol. The summed E-state index contributed by atoms with van der Waals surface area (Å²) in [5.74, 6) is 0.0433. The van der Waals surface area contributed by atoms with Gasteiger partial charge in [0.15, 0.2) is 0 Å². The van der Waals surface area contributed by atoms with Crippen molar-refractivity contribution >= 4 is 11.9 Å². The van der Waals surface area contributed by atoms with Gasteiger partial charge in [-0.3, -0.25) is 9.99 Å². The fourth-order valence-electron chi connectivity index (χ4n) is 1.78. The van der Waals surface area contributed by atoms with Crippen LogP contribution in [-0.2, 0) is 6.61 Å². The SMILES string of the molecule is Cc1ncc(CO)c(C=NN(C)c2ccccc2)c1O. The summed E-state index contributed by atoms with van der Waals surface area (Å²) in [6.45, 7) is 1.51. The van der Waals surface area contributed by atoms with Gasteiger partial charge in [-0.25, -0.2) is 0 Å². The fourth-order valence-corrected chi connectivity index (χ4v) is 1.78. The van der Waals surface area contributed by atoms with Crippen molar-refractivity contribution in [3.63, 3.8) is 0 Å². The zero-order valence-corrected chi connectivity index (χ0v) is 11.5. The molecule has 0 saturated carbocycles. The highest BCUT2D eigenvalue weighted by Gasteiger charge is 2.09. The molecule has 2 N–H and O–H groups in total. The number of nitrogens with zero attached hydrogens (tertiary/aromatic N) is 3. The van der Waals surface area contributed by atoms with Crippen molar-refractivity contribution in [2.75, 3.05) is 12.1 Å².